The Balaban J connectivity index is 0.00000225. The van der Waals surface area contributed by atoms with Crippen LogP contribution in [0.25, 0.3) is 28.3 Å². The van der Waals surface area contributed by atoms with Crippen LogP contribution in [0.4, 0.5) is 0 Å². The van der Waals surface area contributed by atoms with Gasteiger partial charge in [0.15, 0.2) is 0 Å². The van der Waals surface area contributed by atoms with E-state index in [2.05, 4.69) is 176 Å². The molecule has 48 heavy (non-hydrogen) atoms. The Morgan fingerprint density at radius 2 is 1.06 bits per heavy atom. The Bertz CT molecular complexity index is 1970. The third kappa shape index (κ3) is 6.56. The Hall–Kier alpha value is -2.48. The molecule has 0 saturated heterocycles. The first-order chi connectivity index (χ1) is 21.9. The third-order valence-electron chi connectivity index (χ3n) is 10.4. The van der Waals surface area contributed by atoms with E-state index in [-0.39, 0.29) is 35.6 Å². The molecule has 2 aliphatic carbocycles. The molecule has 0 aliphatic heterocycles. The monoisotopic (exact) mass is 762 g/mol. The molecule has 0 saturated carbocycles. The Morgan fingerprint density at radius 3 is 1.58 bits per heavy atom. The fourth-order valence-corrected chi connectivity index (χ4v) is 30.4. The van der Waals surface area contributed by atoms with Gasteiger partial charge < -0.3 is 24.8 Å². The van der Waals surface area contributed by atoms with Gasteiger partial charge in [-0.1, -0.05) is 0 Å². The van der Waals surface area contributed by atoms with Crippen molar-refractivity contribution in [3.05, 3.63) is 154 Å². The average molecular weight is 765 g/mol. The van der Waals surface area contributed by atoms with Crippen LogP contribution in [-0.2, 0) is 31.2 Å². The Labute approximate surface area is 309 Å². The first-order valence-electron chi connectivity index (χ1n) is 16.9. The van der Waals surface area contributed by atoms with Gasteiger partial charge in [0.05, 0.1) is 0 Å². The van der Waals surface area contributed by atoms with Crippen molar-refractivity contribution in [3.8, 4) is 22.3 Å². The van der Waals surface area contributed by atoms with E-state index in [1.807, 2.05) is 0 Å². The van der Waals surface area contributed by atoms with E-state index >= 15 is 0 Å². The summed E-state index contributed by atoms with van der Waals surface area (Å²) in [4.78, 5) is 0. The molecule has 2 aliphatic rings. The molecule has 5 aromatic carbocycles. The van der Waals surface area contributed by atoms with Gasteiger partial charge in [0.25, 0.3) is 0 Å². The Kier molecular flexibility index (Phi) is 10.8. The minimum Gasteiger partial charge on any atom is -1.00 e. The summed E-state index contributed by atoms with van der Waals surface area (Å²) in [6, 6.07) is 44.8. The molecule has 1 unspecified atom stereocenters. The Morgan fingerprint density at radius 1 is 0.542 bits per heavy atom. The standard InChI is InChI=1S/C21H25.C16H13.C7H8Si.2ClH.Zr/c1-20(2,3)16-7-9-18-14(12-16)11-15-13-17(21(4,5)6)8-10-19(15)18;1-12-10-14-8-5-9-15(16(14)11-12)13-6-3-2-4-7-13;1-8-7-5-3-2-4-6-7;;;/h7-13H,1-6H3;2-11H,1H3;2-6H,1H3;2*1H;/q;;;;;+2/p-2. The number of allylic oxidation sites excluding steroid dienone is 1. The molecule has 0 N–H and O–H groups in total. The van der Waals surface area contributed by atoms with Gasteiger partial charge in [-0.05, 0) is 0 Å². The van der Waals surface area contributed by atoms with Crippen molar-refractivity contribution in [2.24, 2.45) is 0 Å². The first-order valence-corrected chi connectivity index (χ1v) is 25.4. The topological polar surface area (TPSA) is 0 Å². The van der Waals surface area contributed by atoms with Crippen LogP contribution in [0.5, 0.6) is 0 Å². The van der Waals surface area contributed by atoms with Gasteiger partial charge in [-0.2, -0.15) is 0 Å². The second kappa shape index (κ2) is 14.0. The van der Waals surface area contributed by atoms with Crippen molar-refractivity contribution in [3.63, 3.8) is 0 Å². The minimum absolute atomic E-state index is 0. The van der Waals surface area contributed by atoms with Gasteiger partial charge in [0, 0.05) is 0 Å². The number of hydrogen-bond donors (Lipinski definition) is 0. The maximum Gasteiger partial charge on any atom is -1.00 e. The van der Waals surface area contributed by atoms with Crippen molar-refractivity contribution >= 4 is 16.7 Å². The maximum atomic E-state index is 2.68. The maximum absolute atomic E-state index is 2.68. The van der Waals surface area contributed by atoms with E-state index in [1.54, 1.807) is 27.5 Å². The van der Waals surface area contributed by atoms with Gasteiger partial charge in [-0.15, -0.1) is 0 Å². The molecule has 244 valence electrons. The van der Waals surface area contributed by atoms with Crippen molar-refractivity contribution in [1.82, 2.24) is 0 Å². The van der Waals surface area contributed by atoms with Crippen molar-refractivity contribution in [2.75, 3.05) is 0 Å². The summed E-state index contributed by atoms with van der Waals surface area (Å²) in [5.41, 5.74) is 15.8. The molecule has 0 aromatic heterocycles. The summed E-state index contributed by atoms with van der Waals surface area (Å²) in [5, 5.41) is 1.61. The van der Waals surface area contributed by atoms with Crippen LogP contribution < -0.4 is 30.0 Å². The number of halogens is 2. The summed E-state index contributed by atoms with van der Waals surface area (Å²) < 4.78 is 1.05. The summed E-state index contributed by atoms with van der Waals surface area (Å²) in [6.07, 6.45) is 2.57. The van der Waals surface area contributed by atoms with E-state index < -0.39 is 25.8 Å². The van der Waals surface area contributed by atoms with Crippen LogP contribution in [0.1, 0.15) is 89.1 Å². The van der Waals surface area contributed by atoms with Crippen molar-refractivity contribution in [2.45, 2.75) is 73.1 Å². The number of fused-ring (bicyclic) bond motifs is 4. The molecule has 0 nitrogen and oxygen atoms in total. The SMILES string of the molecule is CC1=Cc2c(-c3ccccc3)cccc2[CH]1/[Zr+2]([CH]1c2cc(C(C)(C)C)ccc2-c2ccc(C(C)(C)C)cc21)=[Si](\C)c1ccccc1.[Cl-].[Cl-]. The molecule has 7 rings (SSSR count). The molecule has 0 fully saturated rings. The molecule has 5 aromatic rings. The summed E-state index contributed by atoms with van der Waals surface area (Å²) >= 11 is -2.53. The zero-order chi connectivity index (χ0) is 32.4. The van der Waals surface area contributed by atoms with Crippen molar-refractivity contribution < 1.29 is 45.2 Å². The van der Waals surface area contributed by atoms with E-state index in [0.29, 0.717) is 7.25 Å². The predicted octanol–water partition coefficient (Wildman–Crippen LogP) is 5.33. The fourth-order valence-electron chi connectivity index (χ4n) is 7.82. The zero-order valence-electron chi connectivity index (χ0n) is 29.5. The van der Waals surface area contributed by atoms with Crippen molar-refractivity contribution in [1.29, 1.82) is 0 Å². The molecule has 0 spiro atoms. The minimum atomic E-state index is -2.53. The molecule has 0 amide bonds. The number of rotatable bonds is 4. The normalized spacial score (nSPS) is 15.4. The van der Waals surface area contributed by atoms with Gasteiger partial charge in [0.2, 0.25) is 0 Å². The molecule has 0 bridgehead atoms. The average Bonchev–Trinajstić information content (AvgIpc) is 3.55. The summed E-state index contributed by atoms with van der Waals surface area (Å²) in [7, 11) is 0. The molecule has 4 heteroatoms. The third-order valence-corrected chi connectivity index (χ3v) is 30.8. The van der Waals surface area contributed by atoms with Gasteiger partial charge in [-0.3, -0.25) is 0 Å². The first kappa shape index (κ1) is 36.8. The molecular formula is C44H46Cl2SiZr. The van der Waals surface area contributed by atoms with Crippen LogP contribution in [-0.4, -0.2) is 5.43 Å². The van der Waals surface area contributed by atoms with Gasteiger partial charge in [0.1, 0.15) is 0 Å². The van der Waals surface area contributed by atoms with Crippen LogP contribution in [0, 0.1) is 0 Å². The molecule has 0 radical (unpaired) electrons. The zero-order valence-corrected chi connectivity index (χ0v) is 34.4. The quantitative estimate of drug-likeness (QED) is 0.218. The van der Waals surface area contributed by atoms with E-state index in [0.717, 1.165) is 0 Å². The largest absolute Gasteiger partial charge is 1.00 e. The van der Waals surface area contributed by atoms with Crippen LogP contribution in [0.2, 0.25) is 6.55 Å². The molecular weight excluding hydrogens is 719 g/mol. The van der Waals surface area contributed by atoms with Crippen LogP contribution in [0.3, 0.4) is 0 Å². The van der Waals surface area contributed by atoms with Crippen LogP contribution in [0.15, 0.2) is 121 Å². The molecule has 1 atom stereocenters. The second-order valence-electron chi connectivity index (χ2n) is 15.5. The molecule has 0 heterocycles. The number of hydrogen-bond acceptors (Lipinski definition) is 0. The van der Waals surface area contributed by atoms with E-state index in [1.165, 1.54) is 38.9 Å². The van der Waals surface area contributed by atoms with E-state index in [4.69, 9.17) is 0 Å². The van der Waals surface area contributed by atoms with Gasteiger partial charge >= 0.3 is 287 Å². The summed E-state index contributed by atoms with van der Waals surface area (Å²) in [6.45, 7) is 19.3. The van der Waals surface area contributed by atoms with Crippen LogP contribution >= 0.6 is 0 Å². The number of benzene rings is 5. The second-order valence-corrected chi connectivity index (χ2v) is 31.3. The smallest absolute Gasteiger partial charge is 1.00 e. The summed E-state index contributed by atoms with van der Waals surface area (Å²) in [5.74, 6) is 0. The predicted molar refractivity (Wildman–Crippen MR) is 197 cm³/mol. The fraction of sp³-hybridized carbons (Fsp3) is 0.273. The van der Waals surface area contributed by atoms with Gasteiger partial charge in [-0.25, -0.2) is 0 Å². The van der Waals surface area contributed by atoms with E-state index in [9.17, 15) is 0 Å².